The number of nitrogens with zero attached hydrogens (tertiary/aromatic N) is 2. The molecule has 1 unspecified atom stereocenters. The quantitative estimate of drug-likeness (QED) is 0.502. The molecule has 0 saturated carbocycles. The molecule has 1 aliphatic heterocycles. The van der Waals surface area contributed by atoms with Gasteiger partial charge in [0, 0.05) is 25.2 Å². The molecule has 0 amide bonds. The number of nitro groups is 1. The molecule has 20 heavy (non-hydrogen) atoms. The first-order chi connectivity index (χ1) is 9.28. The lowest BCUT2D eigenvalue weighted by atomic mass is 10.1. The SMILES string of the molecule is CC1CS(=O)(=O)CCN1Cc1ccc([N+](=O)[O-])c(N)c1. The second-order valence-corrected chi connectivity index (χ2v) is 7.31. The minimum Gasteiger partial charge on any atom is -0.393 e. The van der Waals surface area contributed by atoms with Crippen molar-refractivity contribution in [2.75, 3.05) is 23.8 Å². The van der Waals surface area contributed by atoms with E-state index in [0.29, 0.717) is 13.1 Å². The van der Waals surface area contributed by atoms with Gasteiger partial charge in [0.2, 0.25) is 0 Å². The van der Waals surface area contributed by atoms with Crippen LogP contribution in [-0.4, -0.2) is 42.3 Å². The Labute approximate surface area is 117 Å². The monoisotopic (exact) mass is 299 g/mol. The maximum atomic E-state index is 11.5. The van der Waals surface area contributed by atoms with E-state index >= 15 is 0 Å². The molecule has 1 heterocycles. The number of anilines is 1. The highest BCUT2D eigenvalue weighted by atomic mass is 32.2. The molecule has 0 aromatic heterocycles. The van der Waals surface area contributed by atoms with Gasteiger partial charge in [0.15, 0.2) is 9.84 Å². The van der Waals surface area contributed by atoms with Crippen molar-refractivity contribution >= 4 is 21.2 Å². The second-order valence-electron chi connectivity index (χ2n) is 5.08. The molecule has 0 radical (unpaired) electrons. The van der Waals surface area contributed by atoms with Crippen molar-refractivity contribution in [3.8, 4) is 0 Å². The van der Waals surface area contributed by atoms with Crippen LogP contribution >= 0.6 is 0 Å². The van der Waals surface area contributed by atoms with Crippen molar-refractivity contribution in [2.45, 2.75) is 19.5 Å². The number of nitrogens with two attached hydrogens (primary N) is 1. The lowest BCUT2D eigenvalue weighted by Crippen LogP contribution is -2.46. The van der Waals surface area contributed by atoms with Crippen LogP contribution in [0.15, 0.2) is 18.2 Å². The molecular weight excluding hydrogens is 282 g/mol. The third kappa shape index (κ3) is 3.26. The molecule has 1 aliphatic rings. The highest BCUT2D eigenvalue weighted by Gasteiger charge is 2.28. The summed E-state index contributed by atoms with van der Waals surface area (Å²) in [6, 6.07) is 4.55. The number of nitrogen functional groups attached to an aromatic ring is 1. The van der Waals surface area contributed by atoms with Crippen LogP contribution in [0.1, 0.15) is 12.5 Å². The first kappa shape index (κ1) is 14.7. The van der Waals surface area contributed by atoms with E-state index in [0.717, 1.165) is 5.56 Å². The van der Waals surface area contributed by atoms with Crippen molar-refractivity contribution in [1.29, 1.82) is 0 Å². The summed E-state index contributed by atoms with van der Waals surface area (Å²) >= 11 is 0. The fourth-order valence-corrected chi connectivity index (χ4v) is 4.00. The number of rotatable bonds is 3. The molecule has 0 aliphatic carbocycles. The van der Waals surface area contributed by atoms with Crippen molar-refractivity contribution < 1.29 is 13.3 Å². The fourth-order valence-electron chi connectivity index (χ4n) is 2.37. The molecule has 1 saturated heterocycles. The van der Waals surface area contributed by atoms with Gasteiger partial charge in [-0.05, 0) is 18.6 Å². The largest absolute Gasteiger partial charge is 0.393 e. The standard InChI is InChI=1S/C12H17N3O4S/c1-9-8-20(18,19)5-4-14(9)7-10-2-3-12(15(16)17)11(13)6-10/h2-3,6,9H,4-5,7-8,13H2,1H3. The molecule has 2 N–H and O–H groups in total. The lowest BCUT2D eigenvalue weighted by molar-refractivity contribution is -0.383. The van der Waals surface area contributed by atoms with Crippen molar-refractivity contribution in [2.24, 2.45) is 0 Å². The van der Waals surface area contributed by atoms with Gasteiger partial charge in [-0.1, -0.05) is 6.07 Å². The van der Waals surface area contributed by atoms with Crippen LogP contribution in [0.4, 0.5) is 11.4 Å². The van der Waals surface area contributed by atoms with E-state index in [1.54, 1.807) is 12.1 Å². The summed E-state index contributed by atoms with van der Waals surface area (Å²) in [5.74, 6) is 0.301. The maximum Gasteiger partial charge on any atom is 0.292 e. The smallest absolute Gasteiger partial charge is 0.292 e. The molecule has 1 aromatic carbocycles. The predicted octanol–water partition coefficient (Wildman–Crippen LogP) is 0.796. The maximum absolute atomic E-state index is 11.5. The highest BCUT2D eigenvalue weighted by molar-refractivity contribution is 7.91. The first-order valence-corrected chi connectivity index (χ1v) is 8.08. The number of benzene rings is 1. The van der Waals surface area contributed by atoms with Crippen LogP contribution in [0.25, 0.3) is 0 Å². The van der Waals surface area contributed by atoms with E-state index in [1.165, 1.54) is 6.07 Å². The Hall–Kier alpha value is -1.67. The molecule has 1 fully saturated rings. The molecular formula is C12H17N3O4S. The Balaban J connectivity index is 2.11. The van der Waals surface area contributed by atoms with Gasteiger partial charge in [0.1, 0.15) is 5.69 Å². The van der Waals surface area contributed by atoms with E-state index in [4.69, 9.17) is 5.73 Å². The van der Waals surface area contributed by atoms with Gasteiger partial charge < -0.3 is 5.73 Å². The topological polar surface area (TPSA) is 107 Å². The van der Waals surface area contributed by atoms with Gasteiger partial charge in [-0.25, -0.2) is 8.42 Å². The Kier molecular flexibility index (Phi) is 3.96. The summed E-state index contributed by atoms with van der Waals surface area (Å²) in [7, 11) is -2.94. The minimum atomic E-state index is -2.94. The highest BCUT2D eigenvalue weighted by Crippen LogP contribution is 2.24. The number of hydrogen-bond donors (Lipinski definition) is 1. The predicted molar refractivity (Wildman–Crippen MR) is 76.0 cm³/mol. The van der Waals surface area contributed by atoms with Gasteiger partial charge in [0.25, 0.3) is 5.69 Å². The van der Waals surface area contributed by atoms with Gasteiger partial charge in [-0.3, -0.25) is 15.0 Å². The average Bonchev–Trinajstić information content (AvgIpc) is 2.32. The zero-order valence-electron chi connectivity index (χ0n) is 11.2. The van der Waals surface area contributed by atoms with Crippen molar-refractivity contribution in [1.82, 2.24) is 4.90 Å². The average molecular weight is 299 g/mol. The second kappa shape index (κ2) is 5.37. The zero-order valence-corrected chi connectivity index (χ0v) is 12.0. The van der Waals surface area contributed by atoms with Crippen molar-refractivity contribution in [3.05, 3.63) is 33.9 Å². The lowest BCUT2D eigenvalue weighted by Gasteiger charge is -2.33. The van der Waals surface area contributed by atoms with E-state index in [9.17, 15) is 18.5 Å². The van der Waals surface area contributed by atoms with E-state index < -0.39 is 14.8 Å². The molecule has 7 nitrogen and oxygen atoms in total. The summed E-state index contributed by atoms with van der Waals surface area (Å²) in [6.45, 7) is 2.88. The summed E-state index contributed by atoms with van der Waals surface area (Å²) in [6.07, 6.45) is 0. The van der Waals surface area contributed by atoms with E-state index in [1.807, 2.05) is 11.8 Å². The fraction of sp³-hybridized carbons (Fsp3) is 0.500. The molecule has 0 bridgehead atoms. The molecule has 1 aromatic rings. The Morgan fingerprint density at radius 2 is 2.20 bits per heavy atom. The number of nitro benzene ring substituents is 1. The van der Waals surface area contributed by atoms with Gasteiger partial charge in [0.05, 0.1) is 16.4 Å². The molecule has 1 atom stereocenters. The van der Waals surface area contributed by atoms with Crippen LogP contribution in [0.5, 0.6) is 0 Å². The molecule has 8 heteroatoms. The third-order valence-corrected chi connectivity index (χ3v) is 5.28. The minimum absolute atomic E-state index is 0.0647. The Morgan fingerprint density at radius 1 is 1.50 bits per heavy atom. The summed E-state index contributed by atoms with van der Waals surface area (Å²) in [5, 5.41) is 10.7. The van der Waals surface area contributed by atoms with Crippen LogP contribution in [-0.2, 0) is 16.4 Å². The molecule has 2 rings (SSSR count). The Bertz CT molecular complexity index is 630. The van der Waals surface area contributed by atoms with Crippen LogP contribution in [0.2, 0.25) is 0 Å². The van der Waals surface area contributed by atoms with Crippen LogP contribution < -0.4 is 5.73 Å². The van der Waals surface area contributed by atoms with Gasteiger partial charge in [-0.15, -0.1) is 0 Å². The van der Waals surface area contributed by atoms with Gasteiger partial charge >= 0.3 is 0 Å². The first-order valence-electron chi connectivity index (χ1n) is 6.26. The normalized spacial score (nSPS) is 22.6. The van der Waals surface area contributed by atoms with Gasteiger partial charge in [-0.2, -0.15) is 0 Å². The zero-order chi connectivity index (χ0) is 14.9. The molecule has 0 spiro atoms. The van der Waals surface area contributed by atoms with Crippen LogP contribution in [0, 0.1) is 10.1 Å². The Morgan fingerprint density at radius 3 is 2.75 bits per heavy atom. The summed E-state index contributed by atoms with van der Waals surface area (Å²) < 4.78 is 23.0. The van der Waals surface area contributed by atoms with E-state index in [2.05, 4.69) is 0 Å². The molecule has 110 valence electrons. The van der Waals surface area contributed by atoms with E-state index in [-0.39, 0.29) is 28.9 Å². The summed E-state index contributed by atoms with van der Waals surface area (Å²) in [5.41, 5.74) is 6.52. The number of sulfone groups is 1. The third-order valence-electron chi connectivity index (χ3n) is 3.48. The van der Waals surface area contributed by atoms with Crippen molar-refractivity contribution in [3.63, 3.8) is 0 Å². The van der Waals surface area contributed by atoms with Crippen LogP contribution in [0.3, 0.4) is 0 Å². The number of hydrogen-bond acceptors (Lipinski definition) is 6. The summed E-state index contributed by atoms with van der Waals surface area (Å²) in [4.78, 5) is 12.2.